The van der Waals surface area contributed by atoms with Crippen molar-refractivity contribution in [3.8, 4) is 5.75 Å². The van der Waals surface area contributed by atoms with E-state index in [0.29, 0.717) is 16.1 Å². The summed E-state index contributed by atoms with van der Waals surface area (Å²) in [4.78, 5) is 28.8. The molecule has 0 aliphatic rings. The van der Waals surface area contributed by atoms with Gasteiger partial charge < -0.3 is 14.0 Å². The molecule has 1 heterocycles. The maximum atomic E-state index is 12.3. The van der Waals surface area contributed by atoms with Crippen molar-refractivity contribution in [1.29, 1.82) is 0 Å². The Kier molecular flexibility index (Phi) is 5.18. The lowest BCUT2D eigenvalue weighted by Gasteiger charge is -2.02. The van der Waals surface area contributed by atoms with E-state index in [1.807, 2.05) is 41.9 Å². The highest BCUT2D eigenvalue weighted by molar-refractivity contribution is 7.16. The van der Waals surface area contributed by atoms with Gasteiger partial charge in [0.2, 0.25) is 0 Å². The van der Waals surface area contributed by atoms with E-state index in [0.717, 1.165) is 15.8 Å². The van der Waals surface area contributed by atoms with Crippen molar-refractivity contribution < 1.29 is 19.1 Å². The summed E-state index contributed by atoms with van der Waals surface area (Å²) < 4.78 is 12.6. The molecule has 0 saturated heterocycles. The molecule has 7 heteroatoms. The number of nitrogens with zero attached hydrogens (tertiary/aromatic N) is 2. The lowest BCUT2D eigenvalue weighted by atomic mass is 10.1. The van der Waals surface area contributed by atoms with Crippen molar-refractivity contribution in [2.45, 2.75) is 6.42 Å². The van der Waals surface area contributed by atoms with Crippen LogP contribution in [-0.2, 0) is 23.0 Å². The summed E-state index contributed by atoms with van der Waals surface area (Å²) in [5, 5.41) is 0. The number of ether oxygens (including phenoxy) is 2. The Bertz CT molecular complexity index is 1050. The number of aryl methyl sites for hydroxylation is 1. The monoisotopic (exact) mass is 370 g/mol. The molecule has 0 aliphatic heterocycles. The molecule has 2 aromatic carbocycles. The Balaban J connectivity index is 1.92. The fourth-order valence-electron chi connectivity index (χ4n) is 2.59. The molecule has 0 bridgehead atoms. The second-order valence-electron chi connectivity index (χ2n) is 5.65. The molecule has 26 heavy (non-hydrogen) atoms. The van der Waals surface area contributed by atoms with Crippen LogP contribution in [0.15, 0.2) is 47.5 Å². The number of carbonyl (C=O) groups excluding carboxylic acids is 2. The number of methoxy groups -OCH3 is 2. The Morgan fingerprint density at radius 1 is 1.15 bits per heavy atom. The van der Waals surface area contributed by atoms with E-state index in [9.17, 15) is 9.59 Å². The minimum Gasteiger partial charge on any atom is -0.497 e. The number of thiazole rings is 1. The molecule has 0 fully saturated rings. The van der Waals surface area contributed by atoms with Gasteiger partial charge in [0.05, 0.1) is 36.4 Å². The van der Waals surface area contributed by atoms with Crippen LogP contribution in [0.1, 0.15) is 15.9 Å². The predicted molar refractivity (Wildman–Crippen MR) is 99.4 cm³/mol. The van der Waals surface area contributed by atoms with E-state index in [1.165, 1.54) is 18.4 Å². The highest BCUT2D eigenvalue weighted by atomic mass is 32.1. The average molecular weight is 370 g/mol. The van der Waals surface area contributed by atoms with Crippen molar-refractivity contribution in [3.63, 3.8) is 0 Å². The summed E-state index contributed by atoms with van der Waals surface area (Å²) in [6.07, 6.45) is 0.193. The van der Waals surface area contributed by atoms with E-state index in [-0.39, 0.29) is 12.3 Å². The summed E-state index contributed by atoms with van der Waals surface area (Å²) >= 11 is 1.36. The third-order valence-electron chi connectivity index (χ3n) is 3.94. The van der Waals surface area contributed by atoms with Gasteiger partial charge in [0.1, 0.15) is 5.75 Å². The fraction of sp³-hybridized carbons (Fsp3) is 0.211. The number of benzene rings is 2. The van der Waals surface area contributed by atoms with Crippen LogP contribution in [0.3, 0.4) is 0 Å². The van der Waals surface area contributed by atoms with Crippen LogP contribution >= 0.6 is 11.3 Å². The van der Waals surface area contributed by atoms with E-state index in [4.69, 9.17) is 9.47 Å². The van der Waals surface area contributed by atoms with Crippen molar-refractivity contribution in [1.82, 2.24) is 4.57 Å². The van der Waals surface area contributed by atoms with Crippen LogP contribution in [0.5, 0.6) is 5.75 Å². The number of hydrogen-bond acceptors (Lipinski definition) is 5. The van der Waals surface area contributed by atoms with Gasteiger partial charge in [-0.15, -0.1) is 0 Å². The number of esters is 1. The summed E-state index contributed by atoms with van der Waals surface area (Å²) in [6.45, 7) is 0. The first-order valence-electron chi connectivity index (χ1n) is 7.90. The first-order chi connectivity index (χ1) is 12.5. The summed E-state index contributed by atoms with van der Waals surface area (Å²) in [5.74, 6) is 0.0715. The van der Waals surface area contributed by atoms with E-state index in [2.05, 4.69) is 4.99 Å². The zero-order chi connectivity index (χ0) is 18.7. The molecule has 0 unspecified atom stereocenters. The molecule has 1 aromatic heterocycles. The van der Waals surface area contributed by atoms with Gasteiger partial charge in [-0.1, -0.05) is 23.5 Å². The topological polar surface area (TPSA) is 69.9 Å². The molecule has 6 nitrogen and oxygen atoms in total. The van der Waals surface area contributed by atoms with Gasteiger partial charge in [-0.3, -0.25) is 4.79 Å². The second-order valence-corrected chi connectivity index (χ2v) is 6.66. The third kappa shape index (κ3) is 3.67. The van der Waals surface area contributed by atoms with E-state index in [1.54, 1.807) is 19.2 Å². The van der Waals surface area contributed by atoms with Gasteiger partial charge >= 0.3 is 5.97 Å². The van der Waals surface area contributed by atoms with Crippen molar-refractivity contribution in [3.05, 3.63) is 58.4 Å². The molecule has 0 N–H and O–H groups in total. The zero-order valence-corrected chi connectivity index (χ0v) is 15.5. The highest BCUT2D eigenvalue weighted by Crippen LogP contribution is 2.19. The zero-order valence-electron chi connectivity index (χ0n) is 14.7. The molecule has 0 aliphatic carbocycles. The van der Waals surface area contributed by atoms with Crippen LogP contribution in [0, 0.1) is 0 Å². The van der Waals surface area contributed by atoms with Crippen molar-refractivity contribution in [2.24, 2.45) is 12.0 Å². The Labute approximate surface area is 154 Å². The highest BCUT2D eigenvalue weighted by Gasteiger charge is 2.10. The van der Waals surface area contributed by atoms with Gasteiger partial charge in [0.25, 0.3) is 5.91 Å². The molecule has 0 spiro atoms. The average Bonchev–Trinajstić information content (AvgIpc) is 2.96. The fourth-order valence-corrected chi connectivity index (χ4v) is 3.66. The smallest absolute Gasteiger partial charge is 0.337 e. The molecule has 3 rings (SSSR count). The lowest BCUT2D eigenvalue weighted by Crippen LogP contribution is -2.14. The lowest BCUT2D eigenvalue weighted by molar-refractivity contribution is -0.117. The number of hydrogen-bond donors (Lipinski definition) is 0. The summed E-state index contributed by atoms with van der Waals surface area (Å²) in [7, 11) is 4.78. The normalized spacial score (nSPS) is 11.6. The van der Waals surface area contributed by atoms with Gasteiger partial charge in [-0.25, -0.2) is 4.79 Å². The standard InChI is InChI=1S/C19H18N2O4S/c1-21-15-8-7-13(18(23)25-3)11-16(15)26-19(21)20-17(22)10-12-5-4-6-14(9-12)24-2/h4-9,11H,10H2,1-3H3. The molecule has 0 radical (unpaired) electrons. The SMILES string of the molecule is COC(=O)c1ccc2c(c1)sc(=NC(=O)Cc1cccc(OC)c1)n2C. The van der Waals surface area contributed by atoms with Crippen LogP contribution in [0.25, 0.3) is 10.2 Å². The molecule has 1 amide bonds. The number of amides is 1. The molecule has 0 saturated carbocycles. The minimum atomic E-state index is -0.393. The third-order valence-corrected chi connectivity index (χ3v) is 5.03. The molecular formula is C19H18N2O4S. The van der Waals surface area contributed by atoms with Gasteiger partial charge in [-0.05, 0) is 35.9 Å². The minimum absolute atomic E-state index is 0.193. The Morgan fingerprint density at radius 3 is 2.69 bits per heavy atom. The van der Waals surface area contributed by atoms with Crippen molar-refractivity contribution >= 4 is 33.4 Å². The Morgan fingerprint density at radius 2 is 1.96 bits per heavy atom. The maximum Gasteiger partial charge on any atom is 0.337 e. The second kappa shape index (κ2) is 7.53. The van der Waals surface area contributed by atoms with Crippen LogP contribution in [-0.4, -0.2) is 30.7 Å². The number of rotatable bonds is 4. The number of fused-ring (bicyclic) bond motifs is 1. The quantitative estimate of drug-likeness (QED) is 0.662. The maximum absolute atomic E-state index is 12.3. The molecule has 0 atom stereocenters. The first kappa shape index (κ1) is 17.9. The molecule has 134 valence electrons. The van der Waals surface area contributed by atoms with Gasteiger partial charge in [0.15, 0.2) is 4.80 Å². The molecule has 3 aromatic rings. The first-order valence-corrected chi connectivity index (χ1v) is 8.72. The van der Waals surface area contributed by atoms with E-state index >= 15 is 0 Å². The van der Waals surface area contributed by atoms with E-state index < -0.39 is 5.97 Å². The van der Waals surface area contributed by atoms with Gasteiger partial charge in [0, 0.05) is 7.05 Å². The number of aromatic nitrogens is 1. The Hall–Kier alpha value is -2.93. The van der Waals surface area contributed by atoms with Crippen LogP contribution in [0.2, 0.25) is 0 Å². The van der Waals surface area contributed by atoms with Crippen LogP contribution < -0.4 is 9.54 Å². The predicted octanol–water partition coefficient (Wildman–Crippen LogP) is 2.71. The van der Waals surface area contributed by atoms with Crippen molar-refractivity contribution in [2.75, 3.05) is 14.2 Å². The largest absolute Gasteiger partial charge is 0.497 e. The van der Waals surface area contributed by atoms with Gasteiger partial charge in [-0.2, -0.15) is 4.99 Å². The molecular weight excluding hydrogens is 352 g/mol. The van der Waals surface area contributed by atoms with Crippen LogP contribution in [0.4, 0.5) is 0 Å². The summed E-state index contributed by atoms with van der Waals surface area (Å²) in [6, 6.07) is 12.6. The number of carbonyl (C=O) groups is 2. The summed E-state index contributed by atoms with van der Waals surface area (Å²) in [5.41, 5.74) is 2.21.